The van der Waals surface area contributed by atoms with E-state index in [1.165, 1.54) is 18.4 Å². The van der Waals surface area contributed by atoms with E-state index in [0.29, 0.717) is 25.2 Å². The zero-order chi connectivity index (χ0) is 15.8. The van der Waals surface area contributed by atoms with Gasteiger partial charge in [0.2, 0.25) is 0 Å². The van der Waals surface area contributed by atoms with Gasteiger partial charge in [-0.05, 0) is 44.2 Å². The van der Waals surface area contributed by atoms with Crippen molar-refractivity contribution < 1.29 is 4.74 Å². The molecule has 0 aliphatic heterocycles. The molecule has 0 aromatic heterocycles. The van der Waals surface area contributed by atoms with E-state index < -0.39 is 0 Å². The average Bonchev–Trinajstić information content (AvgIpc) is 3.02. The van der Waals surface area contributed by atoms with Gasteiger partial charge in [0.15, 0.2) is 5.96 Å². The topological polar surface area (TPSA) is 45.7 Å². The normalized spacial score (nSPS) is 15.4. The Hall–Kier alpha value is -2.15. The molecule has 2 rings (SSSR count). The van der Waals surface area contributed by atoms with E-state index >= 15 is 0 Å². The van der Waals surface area contributed by atoms with E-state index in [0.717, 1.165) is 24.2 Å². The fourth-order valence-corrected chi connectivity index (χ4v) is 2.64. The summed E-state index contributed by atoms with van der Waals surface area (Å²) >= 11 is 0. The number of nitrogens with zero attached hydrogens (tertiary/aromatic N) is 1. The maximum atomic E-state index is 6.20. The molecule has 1 aromatic carbocycles. The Balaban J connectivity index is 2.01. The lowest BCUT2D eigenvalue weighted by Gasteiger charge is -2.18. The summed E-state index contributed by atoms with van der Waals surface area (Å²) in [6.45, 7) is 3.21. The Morgan fingerprint density at radius 3 is 2.82 bits per heavy atom. The van der Waals surface area contributed by atoms with Crippen LogP contribution in [0, 0.1) is 19.3 Å². The summed E-state index contributed by atoms with van der Waals surface area (Å²) in [5.41, 5.74) is 2.35. The van der Waals surface area contributed by atoms with E-state index in [4.69, 9.17) is 11.2 Å². The highest BCUT2D eigenvalue weighted by molar-refractivity contribution is 5.79. The molecule has 0 heterocycles. The number of terminal acetylenes is 1. The largest absolute Gasteiger partial charge is 0.490 e. The number of ether oxygens (including phenoxy) is 1. The standard InChI is InChI=1S/C18H25N3O/c1-4-11-20-18(19-3)21-13-15-10-9-14(2)12-17(15)22-16-7-5-6-8-16/h1,9-10,12,16H,5-8,11,13H2,2-3H3,(H2,19,20,21). The zero-order valence-corrected chi connectivity index (χ0v) is 13.5. The minimum atomic E-state index is 0.361. The molecule has 2 N–H and O–H groups in total. The lowest BCUT2D eigenvalue weighted by atomic mass is 10.1. The SMILES string of the molecule is C#CCNC(=NC)NCc1ccc(C)cc1OC1CCCC1. The fourth-order valence-electron chi connectivity index (χ4n) is 2.64. The van der Waals surface area contributed by atoms with E-state index in [9.17, 15) is 0 Å². The molecule has 0 radical (unpaired) electrons. The second kappa shape index (κ2) is 8.33. The molecular formula is C18H25N3O. The third-order valence-electron chi connectivity index (χ3n) is 3.85. The predicted molar refractivity (Wildman–Crippen MR) is 91.1 cm³/mol. The summed E-state index contributed by atoms with van der Waals surface area (Å²) in [6, 6.07) is 6.34. The first-order chi connectivity index (χ1) is 10.7. The van der Waals surface area contributed by atoms with Crippen LogP contribution in [0.1, 0.15) is 36.8 Å². The Morgan fingerprint density at radius 2 is 2.14 bits per heavy atom. The second-order valence-corrected chi connectivity index (χ2v) is 5.62. The quantitative estimate of drug-likeness (QED) is 0.499. The Kier molecular flexibility index (Phi) is 6.14. The van der Waals surface area contributed by atoms with Crippen molar-refractivity contribution in [1.82, 2.24) is 10.6 Å². The molecule has 1 saturated carbocycles. The predicted octanol–water partition coefficient (Wildman–Crippen LogP) is 2.61. The van der Waals surface area contributed by atoms with Crippen molar-refractivity contribution in [3.63, 3.8) is 0 Å². The summed E-state index contributed by atoms with van der Waals surface area (Å²) in [5, 5.41) is 6.32. The molecule has 0 bridgehead atoms. The molecule has 1 aromatic rings. The lowest BCUT2D eigenvalue weighted by Crippen LogP contribution is -2.37. The summed E-state index contributed by atoms with van der Waals surface area (Å²) in [5.74, 6) is 4.22. The highest BCUT2D eigenvalue weighted by Crippen LogP contribution is 2.27. The van der Waals surface area contributed by atoms with Gasteiger partial charge in [-0.25, -0.2) is 0 Å². The molecule has 22 heavy (non-hydrogen) atoms. The molecule has 0 unspecified atom stereocenters. The van der Waals surface area contributed by atoms with Crippen LogP contribution in [-0.2, 0) is 6.54 Å². The van der Waals surface area contributed by atoms with Crippen molar-refractivity contribution in [3.8, 4) is 18.1 Å². The van der Waals surface area contributed by atoms with Crippen LogP contribution in [0.4, 0.5) is 0 Å². The number of hydrogen-bond donors (Lipinski definition) is 2. The molecule has 1 aliphatic carbocycles. The third kappa shape index (κ3) is 4.70. The van der Waals surface area contributed by atoms with E-state index in [1.807, 2.05) is 0 Å². The van der Waals surface area contributed by atoms with Gasteiger partial charge < -0.3 is 15.4 Å². The number of hydrogen-bond acceptors (Lipinski definition) is 2. The maximum absolute atomic E-state index is 6.20. The zero-order valence-electron chi connectivity index (χ0n) is 13.5. The Morgan fingerprint density at radius 1 is 1.36 bits per heavy atom. The van der Waals surface area contributed by atoms with Crippen LogP contribution in [0.3, 0.4) is 0 Å². The first-order valence-corrected chi connectivity index (χ1v) is 7.87. The van der Waals surface area contributed by atoms with Crippen LogP contribution in [0.5, 0.6) is 5.75 Å². The van der Waals surface area contributed by atoms with Crippen molar-refractivity contribution in [3.05, 3.63) is 29.3 Å². The number of guanidine groups is 1. The van der Waals surface area contributed by atoms with Gasteiger partial charge in [-0.15, -0.1) is 6.42 Å². The van der Waals surface area contributed by atoms with Gasteiger partial charge >= 0.3 is 0 Å². The highest BCUT2D eigenvalue weighted by atomic mass is 16.5. The number of rotatable bonds is 5. The molecule has 0 atom stereocenters. The molecule has 4 nitrogen and oxygen atoms in total. The van der Waals surface area contributed by atoms with Crippen LogP contribution >= 0.6 is 0 Å². The summed E-state index contributed by atoms with van der Waals surface area (Å²) < 4.78 is 6.20. The minimum Gasteiger partial charge on any atom is -0.490 e. The van der Waals surface area contributed by atoms with Gasteiger partial charge in [-0.2, -0.15) is 0 Å². The van der Waals surface area contributed by atoms with Crippen molar-refractivity contribution in [2.45, 2.75) is 45.3 Å². The van der Waals surface area contributed by atoms with Crippen LogP contribution < -0.4 is 15.4 Å². The van der Waals surface area contributed by atoms with Crippen molar-refractivity contribution in [1.29, 1.82) is 0 Å². The summed E-state index contributed by atoms with van der Waals surface area (Å²) in [4.78, 5) is 4.15. The highest BCUT2D eigenvalue weighted by Gasteiger charge is 2.18. The first-order valence-electron chi connectivity index (χ1n) is 7.87. The van der Waals surface area contributed by atoms with Gasteiger partial charge in [0.25, 0.3) is 0 Å². The van der Waals surface area contributed by atoms with E-state index in [1.54, 1.807) is 7.05 Å². The van der Waals surface area contributed by atoms with Crippen molar-refractivity contribution in [2.24, 2.45) is 4.99 Å². The first kappa shape index (κ1) is 16.2. The Bertz CT molecular complexity index is 554. The molecule has 4 heteroatoms. The number of nitrogens with one attached hydrogen (secondary N) is 2. The second-order valence-electron chi connectivity index (χ2n) is 5.62. The van der Waals surface area contributed by atoms with Crippen LogP contribution in [0.2, 0.25) is 0 Å². The van der Waals surface area contributed by atoms with Gasteiger partial charge in [0, 0.05) is 19.2 Å². The molecule has 0 saturated heterocycles. The molecule has 1 aliphatic rings. The van der Waals surface area contributed by atoms with Crippen molar-refractivity contribution in [2.75, 3.05) is 13.6 Å². The van der Waals surface area contributed by atoms with Gasteiger partial charge in [0.05, 0.1) is 12.6 Å². The number of benzene rings is 1. The third-order valence-corrected chi connectivity index (χ3v) is 3.85. The minimum absolute atomic E-state index is 0.361. The van der Waals surface area contributed by atoms with E-state index in [2.05, 4.69) is 46.7 Å². The molecular weight excluding hydrogens is 274 g/mol. The van der Waals surface area contributed by atoms with Gasteiger partial charge in [-0.3, -0.25) is 4.99 Å². The molecule has 0 spiro atoms. The smallest absolute Gasteiger partial charge is 0.192 e. The van der Waals surface area contributed by atoms with E-state index in [-0.39, 0.29) is 0 Å². The maximum Gasteiger partial charge on any atom is 0.192 e. The van der Waals surface area contributed by atoms with Gasteiger partial charge in [0.1, 0.15) is 5.75 Å². The Labute approximate surface area is 133 Å². The lowest BCUT2D eigenvalue weighted by molar-refractivity contribution is 0.207. The molecule has 1 fully saturated rings. The van der Waals surface area contributed by atoms with Crippen LogP contribution in [0.25, 0.3) is 0 Å². The summed E-state index contributed by atoms with van der Waals surface area (Å²) in [7, 11) is 1.73. The summed E-state index contributed by atoms with van der Waals surface area (Å²) in [6.07, 6.45) is 10.5. The average molecular weight is 299 g/mol. The molecule has 118 valence electrons. The number of aliphatic imine (C=N–C) groups is 1. The van der Waals surface area contributed by atoms with Gasteiger partial charge in [-0.1, -0.05) is 18.1 Å². The van der Waals surface area contributed by atoms with Crippen LogP contribution in [0.15, 0.2) is 23.2 Å². The molecule has 0 amide bonds. The van der Waals surface area contributed by atoms with Crippen LogP contribution in [-0.4, -0.2) is 25.7 Å². The fraction of sp³-hybridized carbons (Fsp3) is 0.500. The number of aryl methyl sites for hydroxylation is 1. The monoisotopic (exact) mass is 299 g/mol. The van der Waals surface area contributed by atoms with Crippen molar-refractivity contribution >= 4 is 5.96 Å².